The molecule has 1 aromatic carbocycles. The minimum absolute atomic E-state index is 0.319. The van der Waals surface area contributed by atoms with Crippen molar-refractivity contribution < 1.29 is 14.3 Å². The zero-order valence-corrected chi connectivity index (χ0v) is 10.4. The number of hydrogen-bond acceptors (Lipinski definition) is 4. The Kier molecular flexibility index (Phi) is 3.44. The van der Waals surface area contributed by atoms with E-state index in [2.05, 4.69) is 0 Å². The molecule has 0 saturated carbocycles. The second kappa shape index (κ2) is 5.01. The summed E-state index contributed by atoms with van der Waals surface area (Å²) in [6, 6.07) is 9.50. The van der Waals surface area contributed by atoms with Crippen LogP contribution >= 0.6 is 11.3 Å². The molecule has 1 aromatic heterocycles. The summed E-state index contributed by atoms with van der Waals surface area (Å²) < 4.78 is 10.1. The largest absolute Gasteiger partial charge is 0.496 e. The Morgan fingerprint density at radius 1 is 1.12 bits per heavy atom. The van der Waals surface area contributed by atoms with Crippen LogP contribution in [0.4, 0.5) is 0 Å². The Morgan fingerprint density at radius 3 is 2.59 bits per heavy atom. The molecule has 0 aliphatic heterocycles. The summed E-state index contributed by atoms with van der Waals surface area (Å²) in [7, 11) is 3.00. The first-order valence-electron chi connectivity index (χ1n) is 5.07. The molecule has 0 aliphatic rings. The van der Waals surface area contributed by atoms with Crippen LogP contribution in [-0.2, 0) is 4.74 Å². The van der Waals surface area contributed by atoms with E-state index in [1.54, 1.807) is 7.11 Å². The van der Waals surface area contributed by atoms with Crippen molar-refractivity contribution in [1.29, 1.82) is 0 Å². The Morgan fingerprint density at radius 2 is 1.88 bits per heavy atom. The summed E-state index contributed by atoms with van der Waals surface area (Å²) >= 11 is 1.37. The van der Waals surface area contributed by atoms with Crippen LogP contribution in [0.15, 0.2) is 35.7 Å². The third-order valence-corrected chi connectivity index (χ3v) is 3.33. The van der Waals surface area contributed by atoms with E-state index in [1.165, 1.54) is 18.4 Å². The van der Waals surface area contributed by atoms with Gasteiger partial charge in [-0.3, -0.25) is 0 Å². The van der Waals surface area contributed by atoms with Gasteiger partial charge in [0, 0.05) is 11.1 Å². The highest BCUT2D eigenvalue weighted by Crippen LogP contribution is 2.35. The number of esters is 1. The lowest BCUT2D eigenvalue weighted by Crippen LogP contribution is -2.00. The average molecular weight is 248 g/mol. The van der Waals surface area contributed by atoms with Crippen molar-refractivity contribution in [3.05, 3.63) is 40.6 Å². The molecule has 0 amide bonds. The summed E-state index contributed by atoms with van der Waals surface area (Å²) in [5.74, 6) is 0.428. The third-order valence-electron chi connectivity index (χ3n) is 2.43. The van der Waals surface area contributed by atoms with Crippen molar-refractivity contribution in [2.75, 3.05) is 14.2 Å². The van der Waals surface area contributed by atoms with Gasteiger partial charge in [-0.15, -0.1) is 11.3 Å². The van der Waals surface area contributed by atoms with Crippen molar-refractivity contribution >= 4 is 17.3 Å². The van der Waals surface area contributed by atoms with E-state index in [0.717, 1.165) is 16.9 Å². The highest BCUT2D eigenvalue weighted by Gasteiger charge is 2.17. The first-order chi connectivity index (χ1) is 8.27. The first-order valence-corrected chi connectivity index (χ1v) is 5.95. The van der Waals surface area contributed by atoms with E-state index < -0.39 is 0 Å². The number of thiophene rings is 1. The minimum atomic E-state index is -0.319. The number of rotatable bonds is 3. The smallest absolute Gasteiger partial charge is 0.348 e. The summed E-state index contributed by atoms with van der Waals surface area (Å²) in [5, 5.41) is 1.87. The van der Waals surface area contributed by atoms with Crippen LogP contribution in [0.5, 0.6) is 5.75 Å². The molecule has 0 fully saturated rings. The summed E-state index contributed by atoms with van der Waals surface area (Å²) in [4.78, 5) is 12.2. The minimum Gasteiger partial charge on any atom is -0.496 e. The maximum absolute atomic E-state index is 11.6. The fourth-order valence-electron chi connectivity index (χ4n) is 1.64. The maximum atomic E-state index is 11.6. The zero-order chi connectivity index (χ0) is 12.3. The molecule has 88 valence electrons. The number of para-hydroxylation sites is 1. The molecule has 0 saturated heterocycles. The van der Waals surface area contributed by atoms with E-state index in [1.807, 2.05) is 35.7 Å². The number of carbonyl (C=O) groups is 1. The molecule has 2 aromatic rings. The summed E-state index contributed by atoms with van der Waals surface area (Å²) in [5.41, 5.74) is 1.75. The van der Waals surface area contributed by atoms with Gasteiger partial charge in [0.25, 0.3) is 0 Å². The predicted octanol–water partition coefficient (Wildman–Crippen LogP) is 3.21. The van der Waals surface area contributed by atoms with Crippen LogP contribution in [-0.4, -0.2) is 20.2 Å². The molecule has 3 nitrogen and oxygen atoms in total. The molecule has 0 aliphatic carbocycles. The number of methoxy groups -OCH3 is 2. The number of benzene rings is 1. The molecule has 4 heteroatoms. The average Bonchev–Trinajstić information content (AvgIpc) is 2.86. The second-order valence-corrected chi connectivity index (χ2v) is 4.27. The van der Waals surface area contributed by atoms with E-state index in [4.69, 9.17) is 9.47 Å². The number of ether oxygens (including phenoxy) is 2. The Bertz CT molecular complexity index is 531. The molecule has 17 heavy (non-hydrogen) atoms. The molecule has 0 unspecified atom stereocenters. The molecule has 0 bridgehead atoms. The summed E-state index contributed by atoms with van der Waals surface area (Å²) in [6.45, 7) is 0. The van der Waals surface area contributed by atoms with E-state index in [-0.39, 0.29) is 5.97 Å². The van der Waals surface area contributed by atoms with Gasteiger partial charge in [-0.05, 0) is 17.5 Å². The van der Waals surface area contributed by atoms with Crippen molar-refractivity contribution in [3.8, 4) is 16.9 Å². The Balaban J connectivity index is 2.53. The number of hydrogen-bond donors (Lipinski definition) is 0. The molecular formula is C13H12O3S. The van der Waals surface area contributed by atoms with E-state index >= 15 is 0 Å². The zero-order valence-electron chi connectivity index (χ0n) is 9.60. The lowest BCUT2D eigenvalue weighted by molar-refractivity contribution is 0.0607. The van der Waals surface area contributed by atoms with Gasteiger partial charge in [0.1, 0.15) is 10.6 Å². The molecule has 0 spiro atoms. The second-order valence-electron chi connectivity index (χ2n) is 3.36. The van der Waals surface area contributed by atoms with Crippen molar-refractivity contribution in [2.45, 2.75) is 0 Å². The lowest BCUT2D eigenvalue weighted by atomic mass is 10.1. The SMILES string of the molecule is COC(=O)c1sccc1-c1ccccc1OC. The molecule has 2 rings (SSSR count). The molecular weight excluding hydrogens is 236 g/mol. The molecule has 1 heterocycles. The highest BCUT2D eigenvalue weighted by atomic mass is 32.1. The lowest BCUT2D eigenvalue weighted by Gasteiger charge is -2.08. The van der Waals surface area contributed by atoms with Gasteiger partial charge < -0.3 is 9.47 Å². The van der Waals surface area contributed by atoms with Crippen molar-refractivity contribution in [2.24, 2.45) is 0 Å². The van der Waals surface area contributed by atoms with Gasteiger partial charge in [0.15, 0.2) is 0 Å². The fourth-order valence-corrected chi connectivity index (χ4v) is 2.46. The van der Waals surface area contributed by atoms with Crippen LogP contribution in [0, 0.1) is 0 Å². The normalized spacial score (nSPS) is 10.0. The third kappa shape index (κ3) is 2.17. The predicted molar refractivity (Wildman–Crippen MR) is 67.6 cm³/mol. The Hall–Kier alpha value is -1.81. The summed E-state index contributed by atoms with van der Waals surface area (Å²) in [6.07, 6.45) is 0. The topological polar surface area (TPSA) is 35.5 Å². The van der Waals surface area contributed by atoms with Crippen LogP contribution in [0.1, 0.15) is 9.67 Å². The van der Waals surface area contributed by atoms with Gasteiger partial charge in [-0.2, -0.15) is 0 Å². The van der Waals surface area contributed by atoms with Gasteiger partial charge >= 0.3 is 5.97 Å². The van der Waals surface area contributed by atoms with Crippen LogP contribution in [0.2, 0.25) is 0 Å². The fraction of sp³-hybridized carbons (Fsp3) is 0.154. The molecule has 0 radical (unpaired) electrons. The van der Waals surface area contributed by atoms with Gasteiger partial charge in [-0.1, -0.05) is 18.2 Å². The quantitative estimate of drug-likeness (QED) is 0.782. The Labute approximate surface area is 104 Å². The standard InChI is InChI=1S/C13H12O3S/c1-15-11-6-4-3-5-9(11)10-7-8-17-12(10)13(14)16-2/h3-8H,1-2H3. The maximum Gasteiger partial charge on any atom is 0.348 e. The van der Waals surface area contributed by atoms with Crippen LogP contribution in [0.3, 0.4) is 0 Å². The van der Waals surface area contributed by atoms with Crippen molar-refractivity contribution in [1.82, 2.24) is 0 Å². The van der Waals surface area contributed by atoms with E-state index in [0.29, 0.717) is 4.88 Å². The molecule has 0 atom stereocenters. The van der Waals surface area contributed by atoms with Gasteiger partial charge in [0.05, 0.1) is 14.2 Å². The highest BCUT2D eigenvalue weighted by molar-refractivity contribution is 7.12. The first kappa shape index (κ1) is 11.7. The van der Waals surface area contributed by atoms with Gasteiger partial charge in [0.2, 0.25) is 0 Å². The van der Waals surface area contributed by atoms with Crippen molar-refractivity contribution in [3.63, 3.8) is 0 Å². The molecule has 0 N–H and O–H groups in total. The monoisotopic (exact) mass is 248 g/mol. The van der Waals surface area contributed by atoms with Crippen LogP contribution < -0.4 is 4.74 Å². The van der Waals surface area contributed by atoms with Gasteiger partial charge in [-0.25, -0.2) is 4.79 Å². The van der Waals surface area contributed by atoms with Crippen LogP contribution in [0.25, 0.3) is 11.1 Å². The van der Waals surface area contributed by atoms with E-state index in [9.17, 15) is 4.79 Å². The number of carbonyl (C=O) groups excluding carboxylic acids is 1.